The summed E-state index contributed by atoms with van der Waals surface area (Å²) in [6.45, 7) is 7.35. The largest absolute Gasteiger partial charge is 0.356 e. The van der Waals surface area contributed by atoms with Crippen molar-refractivity contribution < 1.29 is 0 Å². The average Bonchev–Trinajstić information content (AvgIpc) is 2.37. The number of H-pyrrole nitrogens is 1. The van der Waals surface area contributed by atoms with Gasteiger partial charge in [-0.15, -0.1) is 0 Å². The number of piperidine rings is 1. The molecule has 2 N–H and O–H groups in total. The van der Waals surface area contributed by atoms with E-state index in [-0.39, 0.29) is 5.56 Å². The maximum Gasteiger partial charge on any atom is 0.252 e. The van der Waals surface area contributed by atoms with E-state index in [2.05, 4.69) is 34.0 Å². The SMILES string of the molecule is CC(C)NCC1CCCN(c2cc(=O)[nH]cn2)C1. The minimum atomic E-state index is -0.0811. The zero-order chi connectivity index (χ0) is 13.0. The summed E-state index contributed by atoms with van der Waals surface area (Å²) in [5.41, 5.74) is -0.0811. The van der Waals surface area contributed by atoms with Crippen molar-refractivity contribution in [2.45, 2.75) is 32.7 Å². The van der Waals surface area contributed by atoms with Gasteiger partial charge in [0.25, 0.3) is 5.56 Å². The average molecular weight is 250 g/mol. The molecular weight excluding hydrogens is 228 g/mol. The summed E-state index contributed by atoms with van der Waals surface area (Å²) >= 11 is 0. The topological polar surface area (TPSA) is 61.0 Å². The van der Waals surface area contributed by atoms with Gasteiger partial charge in [0.05, 0.1) is 6.33 Å². The van der Waals surface area contributed by atoms with Crippen molar-refractivity contribution in [1.82, 2.24) is 15.3 Å². The third-order valence-corrected chi connectivity index (χ3v) is 3.32. The summed E-state index contributed by atoms with van der Waals surface area (Å²) < 4.78 is 0. The highest BCUT2D eigenvalue weighted by Gasteiger charge is 2.20. The van der Waals surface area contributed by atoms with Gasteiger partial charge in [0, 0.05) is 25.2 Å². The van der Waals surface area contributed by atoms with Crippen LogP contribution in [0.2, 0.25) is 0 Å². The fourth-order valence-electron chi connectivity index (χ4n) is 2.37. The molecule has 1 aliphatic rings. The van der Waals surface area contributed by atoms with Gasteiger partial charge in [-0.2, -0.15) is 0 Å². The lowest BCUT2D eigenvalue weighted by atomic mass is 9.98. The fraction of sp³-hybridized carbons (Fsp3) is 0.692. The van der Waals surface area contributed by atoms with Gasteiger partial charge < -0.3 is 15.2 Å². The van der Waals surface area contributed by atoms with Gasteiger partial charge in [-0.05, 0) is 25.3 Å². The summed E-state index contributed by atoms with van der Waals surface area (Å²) in [6, 6.07) is 2.11. The molecule has 0 aromatic carbocycles. The quantitative estimate of drug-likeness (QED) is 0.836. The van der Waals surface area contributed by atoms with Crippen molar-refractivity contribution in [3.63, 3.8) is 0 Å². The highest BCUT2D eigenvalue weighted by molar-refractivity contribution is 5.36. The predicted octanol–water partition coefficient (Wildman–Crippen LogP) is 0.984. The molecule has 0 amide bonds. The van der Waals surface area contributed by atoms with E-state index >= 15 is 0 Å². The van der Waals surface area contributed by atoms with Gasteiger partial charge in [-0.25, -0.2) is 4.98 Å². The normalized spacial score (nSPS) is 20.4. The van der Waals surface area contributed by atoms with Crippen LogP contribution in [0, 0.1) is 5.92 Å². The molecule has 0 saturated carbocycles. The van der Waals surface area contributed by atoms with Crippen molar-refractivity contribution in [2.24, 2.45) is 5.92 Å². The van der Waals surface area contributed by atoms with E-state index < -0.39 is 0 Å². The van der Waals surface area contributed by atoms with E-state index in [9.17, 15) is 4.79 Å². The molecule has 2 rings (SSSR count). The Morgan fingerprint density at radius 3 is 3.17 bits per heavy atom. The first kappa shape index (κ1) is 13.1. The Morgan fingerprint density at radius 2 is 2.44 bits per heavy atom. The van der Waals surface area contributed by atoms with E-state index in [4.69, 9.17) is 0 Å². The van der Waals surface area contributed by atoms with Gasteiger partial charge in [-0.1, -0.05) is 13.8 Å². The van der Waals surface area contributed by atoms with Crippen molar-refractivity contribution in [1.29, 1.82) is 0 Å². The second kappa shape index (κ2) is 6.00. The highest BCUT2D eigenvalue weighted by Crippen LogP contribution is 2.19. The minimum Gasteiger partial charge on any atom is -0.356 e. The molecule has 100 valence electrons. The number of nitrogens with one attached hydrogen (secondary N) is 2. The molecule has 1 unspecified atom stereocenters. The molecular formula is C13H22N4O. The van der Waals surface area contributed by atoms with Crippen LogP contribution in [-0.4, -0.2) is 35.6 Å². The molecule has 1 aromatic heterocycles. The smallest absolute Gasteiger partial charge is 0.252 e. The molecule has 2 heterocycles. The highest BCUT2D eigenvalue weighted by atomic mass is 16.1. The standard InChI is InChI=1S/C13H22N4O/c1-10(2)14-7-11-4-3-5-17(8-11)12-6-13(18)16-9-15-12/h6,9-11,14H,3-5,7-8H2,1-2H3,(H,15,16,18). The lowest BCUT2D eigenvalue weighted by molar-refractivity contribution is 0.378. The van der Waals surface area contributed by atoms with Crippen molar-refractivity contribution in [3.05, 3.63) is 22.7 Å². The number of nitrogens with zero attached hydrogens (tertiary/aromatic N) is 2. The maximum atomic E-state index is 11.3. The van der Waals surface area contributed by atoms with Crippen LogP contribution in [0.3, 0.4) is 0 Å². The first-order chi connectivity index (χ1) is 8.65. The fourth-order valence-corrected chi connectivity index (χ4v) is 2.37. The molecule has 0 spiro atoms. The van der Waals surface area contributed by atoms with Gasteiger partial charge in [0.15, 0.2) is 0 Å². The van der Waals surface area contributed by atoms with Crippen molar-refractivity contribution in [3.8, 4) is 0 Å². The van der Waals surface area contributed by atoms with E-state index in [0.717, 1.165) is 25.5 Å². The Balaban J connectivity index is 1.96. The molecule has 1 atom stereocenters. The number of anilines is 1. The Bertz CT molecular complexity index is 429. The molecule has 1 saturated heterocycles. The predicted molar refractivity (Wildman–Crippen MR) is 72.9 cm³/mol. The van der Waals surface area contributed by atoms with Crippen molar-refractivity contribution in [2.75, 3.05) is 24.5 Å². The van der Waals surface area contributed by atoms with Gasteiger partial charge in [0.2, 0.25) is 0 Å². The Labute approximate surface area is 108 Å². The van der Waals surface area contributed by atoms with Crippen LogP contribution < -0.4 is 15.8 Å². The Hall–Kier alpha value is -1.36. The molecule has 1 aliphatic heterocycles. The number of rotatable bonds is 4. The van der Waals surface area contributed by atoms with Gasteiger partial charge in [-0.3, -0.25) is 4.79 Å². The summed E-state index contributed by atoms with van der Waals surface area (Å²) in [4.78, 5) is 20.3. The second-order valence-corrected chi connectivity index (χ2v) is 5.29. The lowest BCUT2D eigenvalue weighted by Crippen LogP contribution is -2.41. The summed E-state index contributed by atoms with van der Waals surface area (Å²) in [5.74, 6) is 1.44. The molecule has 0 bridgehead atoms. The number of aromatic amines is 1. The third-order valence-electron chi connectivity index (χ3n) is 3.32. The van der Waals surface area contributed by atoms with Crippen LogP contribution in [0.15, 0.2) is 17.2 Å². The van der Waals surface area contributed by atoms with E-state index in [0.29, 0.717) is 12.0 Å². The molecule has 0 radical (unpaired) electrons. The van der Waals surface area contributed by atoms with E-state index in [1.807, 2.05) is 0 Å². The van der Waals surface area contributed by atoms with Crippen LogP contribution in [-0.2, 0) is 0 Å². The number of aromatic nitrogens is 2. The van der Waals surface area contributed by atoms with Gasteiger partial charge in [0.1, 0.15) is 5.82 Å². The molecule has 18 heavy (non-hydrogen) atoms. The molecule has 5 nitrogen and oxygen atoms in total. The third kappa shape index (κ3) is 3.57. The molecule has 1 fully saturated rings. The first-order valence-corrected chi connectivity index (χ1v) is 6.68. The Kier molecular flexibility index (Phi) is 4.36. The zero-order valence-electron chi connectivity index (χ0n) is 11.1. The monoisotopic (exact) mass is 250 g/mol. The molecule has 5 heteroatoms. The van der Waals surface area contributed by atoms with Crippen LogP contribution in [0.5, 0.6) is 0 Å². The van der Waals surface area contributed by atoms with Crippen LogP contribution >= 0.6 is 0 Å². The summed E-state index contributed by atoms with van der Waals surface area (Å²) in [6.07, 6.45) is 3.89. The Morgan fingerprint density at radius 1 is 1.61 bits per heavy atom. The lowest BCUT2D eigenvalue weighted by Gasteiger charge is -2.33. The van der Waals surface area contributed by atoms with Crippen molar-refractivity contribution >= 4 is 5.82 Å². The summed E-state index contributed by atoms with van der Waals surface area (Å²) in [5, 5.41) is 3.48. The zero-order valence-corrected chi connectivity index (χ0v) is 11.1. The van der Waals surface area contributed by atoms with Crippen LogP contribution in [0.25, 0.3) is 0 Å². The van der Waals surface area contributed by atoms with Gasteiger partial charge >= 0.3 is 0 Å². The van der Waals surface area contributed by atoms with Crippen LogP contribution in [0.1, 0.15) is 26.7 Å². The number of hydrogen-bond acceptors (Lipinski definition) is 4. The van der Waals surface area contributed by atoms with E-state index in [1.54, 1.807) is 6.07 Å². The number of hydrogen-bond donors (Lipinski definition) is 2. The summed E-state index contributed by atoms with van der Waals surface area (Å²) in [7, 11) is 0. The molecule has 1 aromatic rings. The first-order valence-electron chi connectivity index (χ1n) is 6.68. The minimum absolute atomic E-state index is 0.0811. The maximum absolute atomic E-state index is 11.3. The molecule has 0 aliphatic carbocycles. The van der Waals surface area contributed by atoms with Crippen LogP contribution in [0.4, 0.5) is 5.82 Å². The second-order valence-electron chi connectivity index (χ2n) is 5.29. The van der Waals surface area contributed by atoms with E-state index in [1.165, 1.54) is 19.2 Å².